The maximum Gasteiger partial charge on any atom is 0.125 e. The summed E-state index contributed by atoms with van der Waals surface area (Å²) in [5, 5.41) is 0. The predicted octanol–water partition coefficient (Wildman–Crippen LogP) is 3.07. The Morgan fingerprint density at radius 3 is 2.47 bits per heavy atom. The Bertz CT molecular complexity index is 451. The van der Waals surface area contributed by atoms with Crippen LogP contribution in [-0.2, 0) is 0 Å². The van der Waals surface area contributed by atoms with Gasteiger partial charge in [0.15, 0.2) is 0 Å². The number of ether oxygens (including phenoxy) is 1. The van der Waals surface area contributed by atoms with Crippen LogP contribution in [0.3, 0.4) is 0 Å². The van der Waals surface area contributed by atoms with Crippen LogP contribution in [0.2, 0.25) is 0 Å². The van der Waals surface area contributed by atoms with Gasteiger partial charge in [-0.05, 0) is 13.0 Å². The summed E-state index contributed by atoms with van der Waals surface area (Å²) in [6.07, 6.45) is 1.77. The van der Waals surface area contributed by atoms with Crippen LogP contribution < -0.4 is 4.74 Å². The minimum Gasteiger partial charge on any atom is -0.496 e. The van der Waals surface area contributed by atoms with E-state index in [0.717, 1.165) is 22.6 Å². The zero-order chi connectivity index (χ0) is 10.7. The third-order valence-corrected chi connectivity index (χ3v) is 2.42. The highest BCUT2D eigenvalue weighted by atomic mass is 16.5. The third-order valence-electron chi connectivity index (χ3n) is 2.42. The second-order valence-corrected chi connectivity index (χ2v) is 3.35. The normalized spacial score (nSPS) is 10.0. The van der Waals surface area contributed by atoms with E-state index < -0.39 is 0 Å². The predicted molar refractivity (Wildman–Crippen MR) is 61.0 cm³/mol. The van der Waals surface area contributed by atoms with Crippen molar-refractivity contribution in [2.45, 2.75) is 6.92 Å². The topological polar surface area (TPSA) is 22.1 Å². The fourth-order valence-electron chi connectivity index (χ4n) is 1.63. The quantitative estimate of drug-likeness (QED) is 0.741. The van der Waals surface area contributed by atoms with E-state index in [1.807, 2.05) is 31.2 Å². The Morgan fingerprint density at radius 2 is 1.80 bits per heavy atom. The van der Waals surface area contributed by atoms with Gasteiger partial charge in [0.25, 0.3) is 0 Å². The van der Waals surface area contributed by atoms with Crippen LogP contribution >= 0.6 is 0 Å². The molecule has 2 rings (SSSR count). The van der Waals surface area contributed by atoms with Crippen molar-refractivity contribution in [1.82, 2.24) is 4.98 Å². The first kappa shape index (κ1) is 9.71. The Balaban J connectivity index is 2.54. The Labute approximate surface area is 89.6 Å². The summed E-state index contributed by atoms with van der Waals surface area (Å²) in [6.45, 7) is 2.02. The summed E-state index contributed by atoms with van der Waals surface area (Å²) in [5.41, 5.74) is 3.18. The van der Waals surface area contributed by atoms with E-state index in [4.69, 9.17) is 4.74 Å². The van der Waals surface area contributed by atoms with E-state index in [1.54, 1.807) is 13.3 Å². The molecule has 1 aromatic carbocycles. The van der Waals surface area contributed by atoms with Crippen molar-refractivity contribution in [2.75, 3.05) is 7.11 Å². The molecule has 1 aromatic heterocycles. The monoisotopic (exact) mass is 199 g/mol. The van der Waals surface area contributed by atoms with Gasteiger partial charge in [-0.3, -0.25) is 4.98 Å². The fraction of sp³-hybridized carbons (Fsp3) is 0.154. The highest BCUT2D eigenvalue weighted by Crippen LogP contribution is 2.26. The van der Waals surface area contributed by atoms with E-state index in [0.29, 0.717) is 0 Å². The zero-order valence-electron chi connectivity index (χ0n) is 8.90. The molecule has 0 N–H and O–H groups in total. The van der Waals surface area contributed by atoms with Gasteiger partial charge in [0.05, 0.1) is 12.8 Å². The fourth-order valence-corrected chi connectivity index (χ4v) is 1.63. The highest BCUT2D eigenvalue weighted by Gasteiger charge is 2.06. The van der Waals surface area contributed by atoms with E-state index in [2.05, 4.69) is 17.1 Å². The van der Waals surface area contributed by atoms with Gasteiger partial charge in [0.1, 0.15) is 5.75 Å². The second kappa shape index (κ2) is 4.13. The standard InChI is InChI=1S/C13H13NO/c1-10-12(15-2)8-9-14-13(10)11-6-4-3-5-7-11/h3-9H,1-2H3. The maximum atomic E-state index is 5.27. The number of rotatable bonds is 2. The van der Waals surface area contributed by atoms with Gasteiger partial charge in [-0.15, -0.1) is 0 Å². The van der Waals surface area contributed by atoms with Crippen LogP contribution in [0.25, 0.3) is 11.3 Å². The molecule has 2 aromatic rings. The molecule has 0 bridgehead atoms. The number of hydrogen-bond donors (Lipinski definition) is 0. The van der Waals surface area contributed by atoms with Crippen molar-refractivity contribution >= 4 is 0 Å². The van der Waals surface area contributed by atoms with Crippen LogP contribution in [0.4, 0.5) is 0 Å². The Hall–Kier alpha value is -1.83. The van der Waals surface area contributed by atoms with E-state index >= 15 is 0 Å². The smallest absolute Gasteiger partial charge is 0.125 e. The molecule has 0 spiro atoms. The lowest BCUT2D eigenvalue weighted by Crippen LogP contribution is -1.92. The number of pyridine rings is 1. The minimum atomic E-state index is 0.879. The second-order valence-electron chi connectivity index (χ2n) is 3.35. The van der Waals surface area contributed by atoms with Gasteiger partial charge in [-0.2, -0.15) is 0 Å². The summed E-state index contributed by atoms with van der Waals surface area (Å²) in [4.78, 5) is 4.38. The van der Waals surface area contributed by atoms with Gasteiger partial charge in [0, 0.05) is 17.3 Å². The molecule has 2 heteroatoms. The summed E-state index contributed by atoms with van der Waals surface area (Å²) in [5.74, 6) is 0.879. The van der Waals surface area contributed by atoms with Crippen molar-refractivity contribution in [3.05, 3.63) is 48.2 Å². The molecule has 0 aliphatic rings. The van der Waals surface area contributed by atoms with Crippen LogP contribution in [0.5, 0.6) is 5.75 Å². The summed E-state index contributed by atoms with van der Waals surface area (Å²) < 4.78 is 5.27. The van der Waals surface area contributed by atoms with Gasteiger partial charge in [0.2, 0.25) is 0 Å². The van der Waals surface area contributed by atoms with E-state index in [1.165, 1.54) is 0 Å². The van der Waals surface area contributed by atoms with E-state index in [-0.39, 0.29) is 0 Å². The van der Waals surface area contributed by atoms with Gasteiger partial charge in [-0.25, -0.2) is 0 Å². The molecule has 0 aliphatic carbocycles. The molecule has 15 heavy (non-hydrogen) atoms. The lowest BCUT2D eigenvalue weighted by Gasteiger charge is -2.08. The number of nitrogens with zero attached hydrogens (tertiary/aromatic N) is 1. The molecule has 0 atom stereocenters. The van der Waals surface area contributed by atoms with Crippen molar-refractivity contribution < 1.29 is 4.74 Å². The van der Waals surface area contributed by atoms with Crippen molar-refractivity contribution in [3.63, 3.8) is 0 Å². The molecule has 76 valence electrons. The van der Waals surface area contributed by atoms with E-state index in [9.17, 15) is 0 Å². The van der Waals surface area contributed by atoms with Crippen molar-refractivity contribution in [3.8, 4) is 17.0 Å². The highest BCUT2D eigenvalue weighted by molar-refractivity contribution is 5.65. The first-order chi connectivity index (χ1) is 7.33. The molecular weight excluding hydrogens is 186 g/mol. The summed E-state index contributed by atoms with van der Waals surface area (Å²) >= 11 is 0. The molecule has 0 unspecified atom stereocenters. The number of hydrogen-bond acceptors (Lipinski definition) is 2. The number of methoxy groups -OCH3 is 1. The van der Waals surface area contributed by atoms with Crippen LogP contribution in [-0.4, -0.2) is 12.1 Å². The Morgan fingerprint density at radius 1 is 1.07 bits per heavy atom. The Kier molecular flexibility index (Phi) is 2.68. The zero-order valence-corrected chi connectivity index (χ0v) is 8.90. The van der Waals surface area contributed by atoms with Gasteiger partial charge < -0.3 is 4.74 Å². The minimum absolute atomic E-state index is 0.879. The molecular formula is C13H13NO. The molecule has 0 aliphatic heterocycles. The lowest BCUT2D eigenvalue weighted by atomic mass is 10.1. The molecule has 1 heterocycles. The number of benzene rings is 1. The van der Waals surface area contributed by atoms with Gasteiger partial charge in [-0.1, -0.05) is 30.3 Å². The van der Waals surface area contributed by atoms with Gasteiger partial charge >= 0.3 is 0 Å². The summed E-state index contributed by atoms with van der Waals surface area (Å²) in [7, 11) is 1.68. The molecule has 0 fully saturated rings. The summed E-state index contributed by atoms with van der Waals surface area (Å²) in [6, 6.07) is 12.0. The molecule has 0 radical (unpaired) electrons. The maximum absolute atomic E-state index is 5.27. The number of aromatic nitrogens is 1. The van der Waals surface area contributed by atoms with Crippen molar-refractivity contribution in [1.29, 1.82) is 0 Å². The molecule has 2 nitrogen and oxygen atoms in total. The molecule has 0 saturated heterocycles. The van der Waals surface area contributed by atoms with Crippen molar-refractivity contribution in [2.24, 2.45) is 0 Å². The van der Waals surface area contributed by atoms with Crippen LogP contribution in [0.15, 0.2) is 42.6 Å². The average Bonchev–Trinajstić information content (AvgIpc) is 2.30. The third kappa shape index (κ3) is 1.84. The SMILES string of the molecule is COc1ccnc(-c2ccccc2)c1C. The first-order valence-electron chi connectivity index (χ1n) is 4.88. The molecule has 0 amide bonds. The largest absolute Gasteiger partial charge is 0.496 e. The first-order valence-corrected chi connectivity index (χ1v) is 4.88. The average molecular weight is 199 g/mol. The van der Waals surface area contributed by atoms with Crippen LogP contribution in [0, 0.1) is 6.92 Å². The molecule has 0 saturated carbocycles. The lowest BCUT2D eigenvalue weighted by molar-refractivity contribution is 0.411. The van der Waals surface area contributed by atoms with Crippen LogP contribution in [0.1, 0.15) is 5.56 Å².